The Hall–Kier alpha value is -1.67. The number of aromatic nitrogens is 3. The first kappa shape index (κ1) is 21.0. The second-order valence-corrected chi connectivity index (χ2v) is 8.42. The predicted molar refractivity (Wildman–Crippen MR) is 112 cm³/mol. The molecule has 1 saturated heterocycles. The van der Waals surface area contributed by atoms with Gasteiger partial charge in [0, 0.05) is 44.2 Å². The minimum atomic E-state index is 0.0255. The van der Waals surface area contributed by atoms with Crippen molar-refractivity contribution in [2.24, 2.45) is 4.99 Å². The molecule has 1 aliphatic heterocycles. The van der Waals surface area contributed by atoms with Gasteiger partial charge in [-0.15, -0.1) is 10.2 Å². The molecule has 2 fully saturated rings. The van der Waals surface area contributed by atoms with Crippen LogP contribution in [0, 0.1) is 0 Å². The van der Waals surface area contributed by atoms with E-state index in [0.717, 1.165) is 64.1 Å². The number of aryl methyl sites for hydroxylation is 1. The average molecular weight is 392 g/mol. The predicted octanol–water partition coefficient (Wildman–Crippen LogP) is 1.43. The first-order valence-corrected chi connectivity index (χ1v) is 10.8. The van der Waals surface area contributed by atoms with E-state index in [1.807, 2.05) is 6.33 Å². The minimum absolute atomic E-state index is 0.0255. The van der Waals surface area contributed by atoms with E-state index in [4.69, 9.17) is 9.73 Å². The van der Waals surface area contributed by atoms with Crippen LogP contribution in [0.15, 0.2) is 11.3 Å². The summed E-state index contributed by atoms with van der Waals surface area (Å²) in [5.41, 5.74) is 0.0255. The maximum absolute atomic E-state index is 5.50. The third-order valence-corrected chi connectivity index (χ3v) is 5.84. The highest BCUT2D eigenvalue weighted by molar-refractivity contribution is 5.80. The van der Waals surface area contributed by atoms with Crippen LogP contribution in [0.3, 0.4) is 0 Å². The van der Waals surface area contributed by atoms with Gasteiger partial charge in [-0.2, -0.15) is 0 Å². The van der Waals surface area contributed by atoms with E-state index in [9.17, 15) is 0 Å². The molecule has 2 heterocycles. The maximum atomic E-state index is 5.50. The molecule has 1 aliphatic carbocycles. The molecular formula is C20H37N7O. The molecule has 1 saturated carbocycles. The maximum Gasteiger partial charge on any atom is 0.191 e. The Morgan fingerprint density at radius 1 is 1.29 bits per heavy atom. The summed E-state index contributed by atoms with van der Waals surface area (Å²) in [6.07, 6.45) is 7.80. The lowest BCUT2D eigenvalue weighted by molar-refractivity contribution is -0.00684. The molecule has 28 heavy (non-hydrogen) atoms. The van der Waals surface area contributed by atoms with Crippen LogP contribution in [0.4, 0.5) is 0 Å². The van der Waals surface area contributed by atoms with Crippen molar-refractivity contribution in [2.75, 3.05) is 39.4 Å². The quantitative estimate of drug-likeness (QED) is 0.516. The van der Waals surface area contributed by atoms with E-state index in [1.165, 1.54) is 25.7 Å². The molecule has 8 heteroatoms. The summed E-state index contributed by atoms with van der Waals surface area (Å²) in [5, 5.41) is 15.4. The fourth-order valence-electron chi connectivity index (χ4n) is 3.99. The van der Waals surface area contributed by atoms with Gasteiger partial charge < -0.3 is 19.9 Å². The molecule has 0 unspecified atom stereocenters. The van der Waals surface area contributed by atoms with Gasteiger partial charge in [-0.3, -0.25) is 9.89 Å². The molecule has 0 radical (unpaired) electrons. The van der Waals surface area contributed by atoms with Gasteiger partial charge in [-0.25, -0.2) is 0 Å². The summed E-state index contributed by atoms with van der Waals surface area (Å²) >= 11 is 0. The number of nitrogens with one attached hydrogen (secondary N) is 2. The SMILES string of the molecule is CCc1nncn1CCNC(=NCC(C)(C)N1CCOCC1)NC1CCCC1. The van der Waals surface area contributed by atoms with Gasteiger partial charge in [-0.05, 0) is 26.7 Å². The third kappa shape index (κ3) is 5.91. The Morgan fingerprint density at radius 2 is 2.04 bits per heavy atom. The molecule has 3 rings (SSSR count). The molecule has 1 aromatic heterocycles. The monoisotopic (exact) mass is 391 g/mol. The van der Waals surface area contributed by atoms with Crippen LogP contribution >= 0.6 is 0 Å². The van der Waals surface area contributed by atoms with Crippen LogP contribution in [0.1, 0.15) is 52.3 Å². The van der Waals surface area contributed by atoms with E-state index in [2.05, 4.69) is 51.1 Å². The van der Waals surface area contributed by atoms with Crippen molar-refractivity contribution in [3.63, 3.8) is 0 Å². The molecule has 0 aromatic carbocycles. The van der Waals surface area contributed by atoms with E-state index in [1.54, 1.807) is 0 Å². The molecule has 2 N–H and O–H groups in total. The minimum Gasteiger partial charge on any atom is -0.379 e. The van der Waals surface area contributed by atoms with Gasteiger partial charge in [-0.1, -0.05) is 19.8 Å². The van der Waals surface area contributed by atoms with E-state index in [-0.39, 0.29) is 5.54 Å². The standard InChI is InChI=1S/C20H37N7O/c1-4-18-25-23-16-26(18)10-9-21-19(24-17-7-5-6-8-17)22-15-20(2,3)27-11-13-28-14-12-27/h16-17H,4-15H2,1-3H3,(H2,21,22,24). The number of ether oxygens (including phenoxy) is 1. The van der Waals surface area contributed by atoms with Crippen molar-refractivity contribution in [3.8, 4) is 0 Å². The van der Waals surface area contributed by atoms with Gasteiger partial charge in [0.2, 0.25) is 0 Å². The normalized spacial score (nSPS) is 19.9. The molecule has 0 amide bonds. The molecular weight excluding hydrogens is 354 g/mol. The highest BCUT2D eigenvalue weighted by Crippen LogP contribution is 2.18. The zero-order chi connectivity index (χ0) is 19.8. The lowest BCUT2D eigenvalue weighted by Gasteiger charge is -2.40. The zero-order valence-corrected chi connectivity index (χ0v) is 17.8. The third-order valence-electron chi connectivity index (χ3n) is 5.84. The Kier molecular flexibility index (Phi) is 7.67. The summed E-state index contributed by atoms with van der Waals surface area (Å²) < 4.78 is 7.61. The molecule has 1 aromatic rings. The number of rotatable bonds is 8. The molecule has 0 spiro atoms. The largest absolute Gasteiger partial charge is 0.379 e. The summed E-state index contributed by atoms with van der Waals surface area (Å²) in [7, 11) is 0. The molecule has 158 valence electrons. The second kappa shape index (κ2) is 10.2. The van der Waals surface area contributed by atoms with Crippen molar-refractivity contribution < 1.29 is 4.74 Å². The second-order valence-electron chi connectivity index (χ2n) is 8.42. The van der Waals surface area contributed by atoms with Crippen LogP contribution in [-0.2, 0) is 17.7 Å². The van der Waals surface area contributed by atoms with E-state index < -0.39 is 0 Å². The van der Waals surface area contributed by atoms with Gasteiger partial charge >= 0.3 is 0 Å². The first-order valence-electron chi connectivity index (χ1n) is 10.8. The summed E-state index contributed by atoms with van der Waals surface area (Å²) in [6.45, 7) is 12.7. The van der Waals surface area contributed by atoms with E-state index in [0.29, 0.717) is 6.04 Å². The van der Waals surface area contributed by atoms with Crippen LogP contribution in [-0.4, -0.2) is 76.6 Å². The molecule has 0 atom stereocenters. The fraction of sp³-hybridized carbons (Fsp3) is 0.850. The number of guanidine groups is 1. The Morgan fingerprint density at radius 3 is 2.75 bits per heavy atom. The molecule has 0 bridgehead atoms. The number of morpholine rings is 1. The molecule has 2 aliphatic rings. The Bertz CT molecular complexity index is 616. The number of aliphatic imine (C=N–C) groups is 1. The van der Waals surface area contributed by atoms with Gasteiger partial charge in [0.25, 0.3) is 0 Å². The zero-order valence-electron chi connectivity index (χ0n) is 17.8. The average Bonchev–Trinajstić information content (AvgIpc) is 3.38. The fourth-order valence-corrected chi connectivity index (χ4v) is 3.99. The Labute approximate surface area is 169 Å². The van der Waals surface area contributed by atoms with Gasteiger partial charge in [0.05, 0.1) is 19.8 Å². The topological polar surface area (TPSA) is 79.6 Å². The number of hydrogen-bond acceptors (Lipinski definition) is 5. The highest BCUT2D eigenvalue weighted by Gasteiger charge is 2.28. The van der Waals surface area contributed by atoms with Crippen molar-refractivity contribution in [1.29, 1.82) is 0 Å². The van der Waals surface area contributed by atoms with E-state index >= 15 is 0 Å². The lowest BCUT2D eigenvalue weighted by atomic mass is 10.0. The van der Waals surface area contributed by atoms with Crippen LogP contribution in [0.5, 0.6) is 0 Å². The summed E-state index contributed by atoms with van der Waals surface area (Å²) in [5.74, 6) is 1.96. The van der Waals surface area contributed by atoms with Crippen molar-refractivity contribution >= 4 is 5.96 Å². The van der Waals surface area contributed by atoms with Crippen LogP contribution < -0.4 is 10.6 Å². The van der Waals surface area contributed by atoms with Crippen LogP contribution in [0.2, 0.25) is 0 Å². The highest BCUT2D eigenvalue weighted by atomic mass is 16.5. The summed E-state index contributed by atoms with van der Waals surface area (Å²) in [4.78, 5) is 7.45. The van der Waals surface area contributed by atoms with Crippen molar-refractivity contribution in [2.45, 2.75) is 71.0 Å². The van der Waals surface area contributed by atoms with Gasteiger partial charge in [0.15, 0.2) is 5.96 Å². The molecule has 8 nitrogen and oxygen atoms in total. The summed E-state index contributed by atoms with van der Waals surface area (Å²) in [6, 6.07) is 0.541. The number of nitrogens with zero attached hydrogens (tertiary/aromatic N) is 5. The number of hydrogen-bond donors (Lipinski definition) is 2. The Balaban J connectivity index is 1.57. The van der Waals surface area contributed by atoms with Crippen molar-refractivity contribution in [1.82, 2.24) is 30.3 Å². The van der Waals surface area contributed by atoms with Gasteiger partial charge in [0.1, 0.15) is 12.2 Å². The smallest absolute Gasteiger partial charge is 0.191 e. The first-order chi connectivity index (χ1) is 13.6. The van der Waals surface area contributed by atoms with Crippen molar-refractivity contribution in [3.05, 3.63) is 12.2 Å². The lowest BCUT2D eigenvalue weighted by Crippen LogP contribution is -2.52. The van der Waals surface area contributed by atoms with Crippen LogP contribution in [0.25, 0.3) is 0 Å².